The molecule has 21 heavy (non-hydrogen) atoms. The van der Waals surface area contributed by atoms with Crippen LogP contribution in [0.2, 0.25) is 0 Å². The predicted octanol–water partition coefficient (Wildman–Crippen LogP) is 2.14. The van der Waals surface area contributed by atoms with Gasteiger partial charge in [0.25, 0.3) is 0 Å². The second-order valence-electron chi connectivity index (χ2n) is 5.41. The summed E-state index contributed by atoms with van der Waals surface area (Å²) in [6.07, 6.45) is 1.96. The van der Waals surface area contributed by atoms with E-state index in [1.165, 1.54) is 11.8 Å². The second-order valence-corrected chi connectivity index (χ2v) is 8.38. The maximum Gasteiger partial charge on any atom is 0.317 e. The zero-order valence-electron chi connectivity index (χ0n) is 13.0. The Labute approximate surface area is 131 Å². The minimum absolute atomic E-state index is 0.00610. The van der Waals surface area contributed by atoms with Gasteiger partial charge in [-0.2, -0.15) is 11.3 Å². The van der Waals surface area contributed by atoms with Gasteiger partial charge in [-0.3, -0.25) is 0 Å². The monoisotopic (exact) mass is 332 g/mol. The van der Waals surface area contributed by atoms with Crippen LogP contribution in [-0.2, 0) is 16.3 Å². The summed E-state index contributed by atoms with van der Waals surface area (Å²) >= 11 is 1.63. The summed E-state index contributed by atoms with van der Waals surface area (Å²) < 4.78 is 22.7. The standard InChI is InChI=1S/C14H24N2O3S2/c1-5-16(12(3)10-21(4,18)19)14(17)15-11(2)8-13-6-7-20-9-13/h6-7,9,11-12H,5,8,10H2,1-4H3,(H,15,17)/t11-,12-/m1/s1. The molecule has 1 N–H and O–H groups in total. The van der Waals surface area contributed by atoms with Crippen molar-refractivity contribution in [2.75, 3.05) is 18.6 Å². The number of rotatable bonds is 7. The summed E-state index contributed by atoms with van der Waals surface area (Å²) in [5.41, 5.74) is 1.19. The van der Waals surface area contributed by atoms with E-state index < -0.39 is 9.84 Å². The SMILES string of the molecule is CCN(C(=O)N[C@H](C)Cc1ccsc1)[C@H](C)CS(C)(=O)=O. The van der Waals surface area contributed by atoms with E-state index in [1.807, 2.05) is 25.3 Å². The molecule has 120 valence electrons. The Morgan fingerprint density at radius 1 is 1.43 bits per heavy atom. The Bertz CT molecular complexity index is 541. The lowest BCUT2D eigenvalue weighted by Gasteiger charge is -2.29. The van der Waals surface area contributed by atoms with Gasteiger partial charge in [-0.1, -0.05) is 0 Å². The third-order valence-electron chi connectivity index (χ3n) is 3.17. The molecule has 0 spiro atoms. The Morgan fingerprint density at radius 2 is 2.10 bits per heavy atom. The molecule has 0 saturated heterocycles. The highest BCUT2D eigenvalue weighted by Gasteiger charge is 2.22. The normalized spacial score (nSPS) is 14.5. The Balaban J connectivity index is 2.58. The molecule has 0 aromatic carbocycles. The van der Waals surface area contributed by atoms with E-state index >= 15 is 0 Å². The van der Waals surface area contributed by atoms with Crippen molar-refractivity contribution in [1.82, 2.24) is 10.2 Å². The van der Waals surface area contributed by atoms with Crippen molar-refractivity contribution in [3.63, 3.8) is 0 Å². The zero-order valence-corrected chi connectivity index (χ0v) is 14.6. The van der Waals surface area contributed by atoms with Gasteiger partial charge in [0.05, 0.1) is 5.75 Å². The quantitative estimate of drug-likeness (QED) is 0.832. The van der Waals surface area contributed by atoms with Crippen molar-refractivity contribution in [2.24, 2.45) is 0 Å². The first-order valence-corrected chi connectivity index (χ1v) is 9.99. The molecular weight excluding hydrogens is 308 g/mol. The van der Waals surface area contributed by atoms with Crippen LogP contribution in [0.25, 0.3) is 0 Å². The number of amides is 2. The third kappa shape index (κ3) is 6.48. The number of urea groups is 1. The summed E-state index contributed by atoms with van der Waals surface area (Å²) in [7, 11) is -3.10. The highest BCUT2D eigenvalue weighted by molar-refractivity contribution is 7.90. The van der Waals surface area contributed by atoms with Gasteiger partial charge in [-0.15, -0.1) is 0 Å². The van der Waals surface area contributed by atoms with Gasteiger partial charge in [-0.25, -0.2) is 13.2 Å². The van der Waals surface area contributed by atoms with Crippen LogP contribution >= 0.6 is 11.3 Å². The van der Waals surface area contributed by atoms with Gasteiger partial charge in [0.1, 0.15) is 9.84 Å². The molecule has 0 saturated carbocycles. The van der Waals surface area contributed by atoms with E-state index in [-0.39, 0.29) is 23.9 Å². The molecule has 0 bridgehead atoms. The average Bonchev–Trinajstić information content (AvgIpc) is 2.79. The minimum atomic E-state index is -3.10. The van der Waals surface area contributed by atoms with Gasteiger partial charge >= 0.3 is 6.03 Å². The summed E-state index contributed by atoms with van der Waals surface area (Å²) in [4.78, 5) is 13.8. The Kier molecular flexibility index (Phi) is 6.67. The molecule has 0 unspecified atom stereocenters. The van der Waals surface area contributed by atoms with Crippen molar-refractivity contribution in [3.05, 3.63) is 22.4 Å². The number of carbonyl (C=O) groups excluding carboxylic acids is 1. The fraction of sp³-hybridized carbons (Fsp3) is 0.643. The summed E-state index contributed by atoms with van der Waals surface area (Å²) in [5.74, 6) is -0.0207. The number of hydrogen-bond donors (Lipinski definition) is 1. The molecule has 2 amide bonds. The number of thiophene rings is 1. The van der Waals surface area contributed by atoms with E-state index in [0.29, 0.717) is 6.54 Å². The third-order valence-corrected chi connectivity index (χ3v) is 4.99. The fourth-order valence-corrected chi connectivity index (χ4v) is 4.03. The molecule has 0 aliphatic rings. The molecule has 1 rings (SSSR count). The summed E-state index contributed by atoms with van der Waals surface area (Å²) in [5, 5.41) is 7.00. The van der Waals surface area contributed by atoms with E-state index in [9.17, 15) is 13.2 Å². The molecule has 1 heterocycles. The number of nitrogens with one attached hydrogen (secondary N) is 1. The Morgan fingerprint density at radius 3 is 2.57 bits per heavy atom. The van der Waals surface area contributed by atoms with Crippen LogP contribution in [0.3, 0.4) is 0 Å². The van der Waals surface area contributed by atoms with Crippen LogP contribution in [0, 0.1) is 0 Å². The average molecular weight is 332 g/mol. The first-order valence-electron chi connectivity index (χ1n) is 6.99. The maximum atomic E-state index is 12.3. The van der Waals surface area contributed by atoms with Gasteiger partial charge in [-0.05, 0) is 49.6 Å². The zero-order chi connectivity index (χ0) is 16.0. The lowest BCUT2D eigenvalue weighted by Crippen LogP contribution is -2.49. The van der Waals surface area contributed by atoms with Crippen LogP contribution < -0.4 is 5.32 Å². The van der Waals surface area contributed by atoms with Crippen LogP contribution in [-0.4, -0.2) is 50.0 Å². The van der Waals surface area contributed by atoms with Crippen molar-refractivity contribution < 1.29 is 13.2 Å². The van der Waals surface area contributed by atoms with Crippen LogP contribution in [0.4, 0.5) is 4.79 Å². The molecule has 0 fully saturated rings. The fourth-order valence-electron chi connectivity index (χ4n) is 2.29. The molecule has 1 aromatic rings. The molecular formula is C14H24N2O3S2. The van der Waals surface area contributed by atoms with Crippen LogP contribution in [0.5, 0.6) is 0 Å². The first kappa shape index (κ1) is 18.0. The van der Waals surface area contributed by atoms with Gasteiger partial charge in [0.2, 0.25) is 0 Å². The predicted molar refractivity (Wildman–Crippen MR) is 87.6 cm³/mol. The molecule has 5 nitrogen and oxygen atoms in total. The largest absolute Gasteiger partial charge is 0.335 e. The molecule has 0 aliphatic heterocycles. The van der Waals surface area contributed by atoms with E-state index in [4.69, 9.17) is 0 Å². The first-order chi connectivity index (χ1) is 9.73. The molecule has 2 atom stereocenters. The highest BCUT2D eigenvalue weighted by atomic mass is 32.2. The van der Waals surface area contributed by atoms with E-state index in [1.54, 1.807) is 23.2 Å². The highest BCUT2D eigenvalue weighted by Crippen LogP contribution is 2.09. The van der Waals surface area contributed by atoms with Crippen LogP contribution in [0.1, 0.15) is 26.3 Å². The van der Waals surface area contributed by atoms with E-state index in [2.05, 4.69) is 10.7 Å². The number of nitrogens with zero attached hydrogens (tertiary/aromatic N) is 1. The molecule has 0 aliphatic carbocycles. The lowest BCUT2D eigenvalue weighted by molar-refractivity contribution is 0.184. The number of hydrogen-bond acceptors (Lipinski definition) is 4. The molecule has 1 aromatic heterocycles. The topological polar surface area (TPSA) is 66.5 Å². The van der Waals surface area contributed by atoms with Gasteiger partial charge < -0.3 is 10.2 Å². The minimum Gasteiger partial charge on any atom is -0.335 e. The number of carbonyl (C=O) groups is 1. The molecule has 7 heteroatoms. The Hall–Kier alpha value is -1.08. The van der Waals surface area contributed by atoms with Crippen LogP contribution in [0.15, 0.2) is 16.8 Å². The van der Waals surface area contributed by atoms with Crippen molar-refractivity contribution >= 4 is 27.2 Å². The lowest BCUT2D eigenvalue weighted by atomic mass is 10.1. The van der Waals surface area contributed by atoms with E-state index in [0.717, 1.165) is 6.42 Å². The van der Waals surface area contributed by atoms with Gasteiger partial charge in [0, 0.05) is 24.9 Å². The summed E-state index contributed by atoms with van der Waals surface area (Å²) in [6.45, 7) is 6.04. The molecule has 0 radical (unpaired) electrons. The van der Waals surface area contributed by atoms with Crippen molar-refractivity contribution in [1.29, 1.82) is 0 Å². The maximum absolute atomic E-state index is 12.3. The summed E-state index contributed by atoms with van der Waals surface area (Å²) in [6, 6.07) is 1.50. The smallest absolute Gasteiger partial charge is 0.317 e. The van der Waals surface area contributed by atoms with Gasteiger partial charge in [0.15, 0.2) is 0 Å². The number of sulfone groups is 1. The second kappa shape index (κ2) is 7.79. The van der Waals surface area contributed by atoms with Crippen molar-refractivity contribution in [2.45, 2.75) is 39.3 Å². The van der Waals surface area contributed by atoms with Crippen molar-refractivity contribution in [3.8, 4) is 0 Å².